The van der Waals surface area contributed by atoms with Crippen LogP contribution in [0.25, 0.3) is 11.8 Å². The number of aromatic carboxylic acids is 1. The number of carbonyl (C=O) groups is 2. The number of halogens is 2. The third-order valence-electron chi connectivity index (χ3n) is 6.01. The van der Waals surface area contributed by atoms with Crippen LogP contribution in [0.3, 0.4) is 0 Å². The molecule has 0 fully saturated rings. The van der Waals surface area contributed by atoms with Crippen molar-refractivity contribution in [3.63, 3.8) is 0 Å². The number of benzene rings is 3. The number of carboxylic acid groups (broad SMARTS) is 1. The van der Waals surface area contributed by atoms with Crippen molar-refractivity contribution < 1.29 is 19.4 Å². The van der Waals surface area contributed by atoms with Crippen LogP contribution in [0.5, 0.6) is 5.75 Å². The van der Waals surface area contributed by atoms with E-state index in [1.165, 1.54) is 24.3 Å². The molecule has 1 amide bonds. The molecule has 39 heavy (non-hydrogen) atoms. The molecule has 3 aromatic carbocycles. The zero-order chi connectivity index (χ0) is 28.1. The van der Waals surface area contributed by atoms with Gasteiger partial charge in [-0.3, -0.25) is 4.79 Å². The molecule has 1 heterocycles. The van der Waals surface area contributed by atoms with E-state index in [0.717, 1.165) is 22.6 Å². The Morgan fingerprint density at radius 1 is 1.05 bits per heavy atom. The molecule has 0 saturated carbocycles. The number of ether oxygens (including phenoxy) is 1. The summed E-state index contributed by atoms with van der Waals surface area (Å²) in [7, 11) is 0. The topological polar surface area (TPSA) is 104 Å². The molecule has 0 unspecified atom stereocenters. The van der Waals surface area contributed by atoms with Crippen LogP contribution >= 0.6 is 23.2 Å². The van der Waals surface area contributed by atoms with Gasteiger partial charge in [0.05, 0.1) is 5.56 Å². The monoisotopic (exact) mass is 559 g/mol. The van der Waals surface area contributed by atoms with Crippen LogP contribution in [0.4, 0.5) is 5.69 Å². The fourth-order valence-corrected chi connectivity index (χ4v) is 4.52. The average Bonchev–Trinajstić information content (AvgIpc) is 3.19. The predicted molar refractivity (Wildman–Crippen MR) is 152 cm³/mol. The minimum absolute atomic E-state index is 0.0315. The number of nitrogens with one attached hydrogen (secondary N) is 1. The summed E-state index contributed by atoms with van der Waals surface area (Å²) in [6, 6.07) is 22.4. The summed E-state index contributed by atoms with van der Waals surface area (Å²) in [5.74, 6) is -1.07. The summed E-state index contributed by atoms with van der Waals surface area (Å²) < 4.78 is 7.88. The predicted octanol–water partition coefficient (Wildman–Crippen LogP) is 7.22. The van der Waals surface area contributed by atoms with E-state index in [-0.39, 0.29) is 16.8 Å². The van der Waals surface area contributed by atoms with Gasteiger partial charge in [0.2, 0.25) is 0 Å². The zero-order valence-electron chi connectivity index (χ0n) is 21.0. The number of nitrogens with zero attached hydrogens (tertiary/aromatic N) is 2. The van der Waals surface area contributed by atoms with Gasteiger partial charge in [-0.05, 0) is 86.2 Å². The minimum Gasteiger partial charge on any atom is -0.489 e. The van der Waals surface area contributed by atoms with Gasteiger partial charge >= 0.3 is 5.97 Å². The smallest absolute Gasteiger partial charge is 0.335 e. The van der Waals surface area contributed by atoms with Gasteiger partial charge in [0.25, 0.3) is 5.91 Å². The Labute approximate surface area is 235 Å². The Morgan fingerprint density at radius 2 is 1.79 bits per heavy atom. The van der Waals surface area contributed by atoms with Crippen molar-refractivity contribution in [3.8, 4) is 17.5 Å². The van der Waals surface area contributed by atoms with E-state index >= 15 is 0 Å². The lowest BCUT2D eigenvalue weighted by molar-refractivity contribution is -0.112. The summed E-state index contributed by atoms with van der Waals surface area (Å²) in [5, 5.41) is 22.5. The van der Waals surface area contributed by atoms with Gasteiger partial charge in [-0.1, -0.05) is 35.3 Å². The second kappa shape index (κ2) is 11.9. The molecule has 0 spiro atoms. The summed E-state index contributed by atoms with van der Waals surface area (Å²) in [6.07, 6.45) is 1.52. The first-order chi connectivity index (χ1) is 18.7. The molecule has 0 aliphatic heterocycles. The molecular formula is C30H23Cl2N3O4. The number of carboxylic acids is 1. The molecule has 0 aliphatic rings. The number of carbonyl (C=O) groups excluding carboxylic acids is 1. The lowest BCUT2D eigenvalue weighted by atomic mass is 10.1. The number of nitriles is 1. The van der Waals surface area contributed by atoms with E-state index in [2.05, 4.69) is 5.32 Å². The second-order valence-corrected chi connectivity index (χ2v) is 9.53. The first kappa shape index (κ1) is 27.5. The lowest BCUT2D eigenvalue weighted by Crippen LogP contribution is -2.14. The van der Waals surface area contributed by atoms with Crippen LogP contribution in [0.15, 0.2) is 78.4 Å². The van der Waals surface area contributed by atoms with Gasteiger partial charge < -0.3 is 19.7 Å². The zero-order valence-corrected chi connectivity index (χ0v) is 22.5. The molecule has 4 aromatic rings. The summed E-state index contributed by atoms with van der Waals surface area (Å²) in [5.41, 5.74) is 4.36. The summed E-state index contributed by atoms with van der Waals surface area (Å²) >= 11 is 12.2. The molecular weight excluding hydrogens is 537 g/mol. The Kier molecular flexibility index (Phi) is 8.40. The van der Waals surface area contributed by atoms with Gasteiger partial charge in [0.15, 0.2) is 0 Å². The summed E-state index contributed by atoms with van der Waals surface area (Å²) in [6.45, 7) is 4.13. The Bertz CT molecular complexity index is 1630. The number of aryl methyl sites for hydroxylation is 1. The van der Waals surface area contributed by atoms with Gasteiger partial charge in [-0.25, -0.2) is 4.79 Å². The molecule has 196 valence electrons. The van der Waals surface area contributed by atoms with Crippen molar-refractivity contribution in [2.75, 3.05) is 5.32 Å². The molecule has 1 aromatic heterocycles. The molecule has 4 rings (SSSR count). The fraction of sp³-hybridized carbons (Fsp3) is 0.100. The van der Waals surface area contributed by atoms with Gasteiger partial charge in [0, 0.05) is 38.4 Å². The molecule has 2 N–H and O–H groups in total. The maximum atomic E-state index is 12.8. The number of anilines is 1. The van der Waals surface area contributed by atoms with Crippen molar-refractivity contribution in [3.05, 3.63) is 116 Å². The van der Waals surface area contributed by atoms with Crippen molar-refractivity contribution in [2.24, 2.45) is 0 Å². The Morgan fingerprint density at radius 3 is 2.46 bits per heavy atom. The Hall–Kier alpha value is -4.51. The van der Waals surface area contributed by atoms with E-state index in [0.29, 0.717) is 28.0 Å². The van der Waals surface area contributed by atoms with E-state index in [9.17, 15) is 14.9 Å². The minimum atomic E-state index is -1.11. The molecule has 0 saturated heterocycles. The molecule has 9 heteroatoms. The Balaban J connectivity index is 1.51. The largest absolute Gasteiger partial charge is 0.489 e. The number of aromatic nitrogens is 1. The van der Waals surface area contributed by atoms with Crippen molar-refractivity contribution in [1.29, 1.82) is 5.26 Å². The highest BCUT2D eigenvalue weighted by atomic mass is 35.5. The average molecular weight is 560 g/mol. The lowest BCUT2D eigenvalue weighted by Gasteiger charge is -2.12. The quantitative estimate of drug-likeness (QED) is 0.175. The van der Waals surface area contributed by atoms with Crippen molar-refractivity contribution in [1.82, 2.24) is 4.57 Å². The maximum absolute atomic E-state index is 12.8. The van der Waals surface area contributed by atoms with Crippen LogP contribution < -0.4 is 10.1 Å². The number of amides is 1. The van der Waals surface area contributed by atoms with Gasteiger partial charge in [0.1, 0.15) is 24.0 Å². The van der Waals surface area contributed by atoms with Crippen LogP contribution in [0.1, 0.15) is 32.9 Å². The molecule has 7 nitrogen and oxygen atoms in total. The highest BCUT2D eigenvalue weighted by molar-refractivity contribution is 6.35. The number of hydrogen-bond donors (Lipinski definition) is 2. The normalized spacial score (nSPS) is 11.1. The number of rotatable bonds is 8. The summed E-state index contributed by atoms with van der Waals surface area (Å²) in [4.78, 5) is 24.0. The first-order valence-electron chi connectivity index (χ1n) is 11.8. The number of hydrogen-bond acceptors (Lipinski definition) is 4. The highest BCUT2D eigenvalue weighted by Crippen LogP contribution is 2.26. The maximum Gasteiger partial charge on any atom is 0.335 e. The molecule has 0 radical (unpaired) electrons. The van der Waals surface area contributed by atoms with Crippen LogP contribution in [0, 0.1) is 25.2 Å². The van der Waals surface area contributed by atoms with E-state index in [4.69, 9.17) is 33.0 Å². The SMILES string of the molecule is Cc1cc(/C=C(/C#N)C(=O)Nc2cccc(C(=O)O)c2)c(C)n1-c1ccc(OCc2ccc(Cl)cc2Cl)cc1. The van der Waals surface area contributed by atoms with Crippen LogP contribution in [-0.4, -0.2) is 21.6 Å². The fourth-order valence-electron chi connectivity index (χ4n) is 4.05. The van der Waals surface area contributed by atoms with Crippen molar-refractivity contribution in [2.45, 2.75) is 20.5 Å². The van der Waals surface area contributed by atoms with E-state index in [1.54, 1.807) is 18.2 Å². The van der Waals surface area contributed by atoms with Gasteiger partial charge in [-0.15, -0.1) is 0 Å². The van der Waals surface area contributed by atoms with E-state index in [1.807, 2.05) is 60.9 Å². The third kappa shape index (κ3) is 6.50. The van der Waals surface area contributed by atoms with Crippen molar-refractivity contribution >= 4 is 46.8 Å². The van der Waals surface area contributed by atoms with Gasteiger partial charge in [-0.2, -0.15) is 5.26 Å². The molecule has 0 aliphatic carbocycles. The second-order valence-electron chi connectivity index (χ2n) is 8.69. The van der Waals surface area contributed by atoms with E-state index < -0.39 is 11.9 Å². The third-order valence-corrected chi connectivity index (χ3v) is 6.59. The molecule has 0 bridgehead atoms. The van der Waals surface area contributed by atoms with Crippen LogP contribution in [-0.2, 0) is 11.4 Å². The molecule has 0 atom stereocenters. The first-order valence-corrected chi connectivity index (χ1v) is 12.5. The highest BCUT2D eigenvalue weighted by Gasteiger charge is 2.15. The van der Waals surface area contributed by atoms with Crippen LogP contribution in [0.2, 0.25) is 10.0 Å². The standard InChI is InChI=1S/C30H23Cl2N3O4/c1-18-12-22(13-23(16-33)29(36)34-25-5-3-4-20(14-25)30(37)38)19(2)35(18)26-8-10-27(11-9-26)39-17-21-6-7-24(31)15-28(21)32/h3-15H,17H2,1-2H3,(H,34,36)(H,37,38)/b23-13-.